The van der Waals surface area contributed by atoms with E-state index in [0.717, 1.165) is 17.0 Å². The number of amides is 1. The third-order valence-electron chi connectivity index (χ3n) is 5.59. The van der Waals surface area contributed by atoms with Gasteiger partial charge in [-0.25, -0.2) is 26.9 Å². The molecule has 0 radical (unpaired) electrons. The van der Waals surface area contributed by atoms with Gasteiger partial charge in [-0.05, 0) is 43.0 Å². The third kappa shape index (κ3) is 4.02. The second-order valence-electron chi connectivity index (χ2n) is 7.90. The summed E-state index contributed by atoms with van der Waals surface area (Å²) in [6, 6.07) is 8.10. The van der Waals surface area contributed by atoms with E-state index in [1.165, 1.54) is 17.4 Å². The Hall–Kier alpha value is -3.18. The molecular weight excluding hydrogens is 470 g/mol. The van der Waals surface area contributed by atoms with Crippen LogP contribution in [0, 0.1) is 18.6 Å². The molecule has 1 aromatic carbocycles. The topological polar surface area (TPSA) is 93.9 Å². The molecule has 1 N–H and O–H groups in total. The summed E-state index contributed by atoms with van der Waals surface area (Å²) in [6.07, 6.45) is 0.417. The van der Waals surface area contributed by atoms with Crippen molar-refractivity contribution in [3.05, 3.63) is 64.7 Å². The smallest absolute Gasteiger partial charge is 0.256 e. The van der Waals surface area contributed by atoms with Gasteiger partial charge in [0.05, 0.1) is 44.8 Å². The highest BCUT2D eigenvalue weighted by molar-refractivity contribution is 7.91. The van der Waals surface area contributed by atoms with E-state index in [1.54, 1.807) is 17.7 Å². The minimum absolute atomic E-state index is 0.0372. The molecule has 5 rings (SSSR count). The van der Waals surface area contributed by atoms with Gasteiger partial charge in [-0.1, -0.05) is 6.07 Å². The maximum Gasteiger partial charge on any atom is 0.256 e. The van der Waals surface area contributed by atoms with Crippen molar-refractivity contribution in [1.29, 1.82) is 0 Å². The van der Waals surface area contributed by atoms with Crippen LogP contribution < -0.4 is 5.32 Å². The summed E-state index contributed by atoms with van der Waals surface area (Å²) in [5, 5.41) is 9.52. The maximum absolute atomic E-state index is 13.6. The number of aromatic nitrogens is 3. The van der Waals surface area contributed by atoms with E-state index in [4.69, 9.17) is 4.98 Å². The van der Waals surface area contributed by atoms with Crippen LogP contribution in [0.25, 0.3) is 21.6 Å². The largest absolute Gasteiger partial charge is 0.322 e. The highest BCUT2D eigenvalue weighted by Crippen LogP contribution is 2.33. The normalized spacial score (nSPS) is 17.5. The van der Waals surface area contributed by atoms with Gasteiger partial charge >= 0.3 is 0 Å². The van der Waals surface area contributed by atoms with E-state index in [9.17, 15) is 22.0 Å². The number of aryl methyl sites for hydroxylation is 1. The van der Waals surface area contributed by atoms with E-state index in [1.807, 2.05) is 17.5 Å². The van der Waals surface area contributed by atoms with Crippen molar-refractivity contribution >= 4 is 43.8 Å². The molecular formula is C22H18F2N4O3S2. The van der Waals surface area contributed by atoms with Crippen LogP contribution in [-0.4, -0.2) is 40.6 Å². The average Bonchev–Trinajstić information content (AvgIpc) is 3.49. The predicted octanol–water partition coefficient (Wildman–Crippen LogP) is 4.36. The van der Waals surface area contributed by atoms with Gasteiger partial charge in [0, 0.05) is 11.8 Å². The number of rotatable bonds is 4. The average molecular weight is 489 g/mol. The van der Waals surface area contributed by atoms with E-state index >= 15 is 0 Å². The van der Waals surface area contributed by atoms with Crippen molar-refractivity contribution in [2.45, 2.75) is 19.4 Å². The summed E-state index contributed by atoms with van der Waals surface area (Å²) in [5.74, 6) is -2.58. The first-order valence-electron chi connectivity index (χ1n) is 10.1. The Morgan fingerprint density at radius 2 is 2.03 bits per heavy atom. The quantitative estimate of drug-likeness (QED) is 0.461. The number of thiophene rings is 1. The van der Waals surface area contributed by atoms with Crippen LogP contribution in [0.5, 0.6) is 0 Å². The summed E-state index contributed by atoms with van der Waals surface area (Å²) < 4.78 is 52.6. The lowest BCUT2D eigenvalue weighted by Gasteiger charge is -2.12. The molecule has 3 aromatic heterocycles. The van der Waals surface area contributed by atoms with Crippen LogP contribution in [0.15, 0.2) is 41.8 Å². The molecule has 0 aliphatic carbocycles. The molecule has 1 atom stereocenters. The minimum Gasteiger partial charge on any atom is -0.322 e. The number of nitrogens with one attached hydrogen (secondary N) is 1. The van der Waals surface area contributed by atoms with Crippen molar-refractivity contribution in [2.75, 3.05) is 16.8 Å². The molecule has 0 bridgehead atoms. The van der Waals surface area contributed by atoms with Crippen LogP contribution in [0.3, 0.4) is 0 Å². The molecule has 1 aliphatic heterocycles. The summed E-state index contributed by atoms with van der Waals surface area (Å²) in [6.45, 7) is 1.73. The van der Waals surface area contributed by atoms with E-state index in [0.29, 0.717) is 28.8 Å². The third-order valence-corrected chi connectivity index (χ3v) is 8.23. The molecule has 1 unspecified atom stereocenters. The molecule has 7 nitrogen and oxygen atoms in total. The monoisotopic (exact) mass is 488 g/mol. The lowest BCUT2D eigenvalue weighted by molar-refractivity contribution is 0.102. The van der Waals surface area contributed by atoms with E-state index in [-0.39, 0.29) is 28.8 Å². The number of hydrogen-bond acceptors (Lipinski definition) is 6. The summed E-state index contributed by atoms with van der Waals surface area (Å²) >= 11 is 1.45. The molecule has 0 spiro atoms. The predicted molar refractivity (Wildman–Crippen MR) is 122 cm³/mol. The Kier molecular flexibility index (Phi) is 5.25. The van der Waals surface area contributed by atoms with Gasteiger partial charge < -0.3 is 5.32 Å². The number of pyridine rings is 1. The number of benzene rings is 1. The molecule has 33 heavy (non-hydrogen) atoms. The molecule has 170 valence electrons. The number of nitrogens with zero attached hydrogens (tertiary/aromatic N) is 3. The molecule has 1 fully saturated rings. The van der Waals surface area contributed by atoms with E-state index < -0.39 is 27.4 Å². The zero-order valence-corrected chi connectivity index (χ0v) is 19.0. The van der Waals surface area contributed by atoms with Crippen LogP contribution in [0.2, 0.25) is 0 Å². The Balaban J connectivity index is 1.65. The number of sulfone groups is 1. The molecule has 1 amide bonds. The first kappa shape index (κ1) is 21.7. The van der Waals surface area contributed by atoms with Crippen LogP contribution in [0.4, 0.5) is 14.5 Å². The van der Waals surface area contributed by atoms with Crippen molar-refractivity contribution in [1.82, 2.24) is 14.8 Å². The van der Waals surface area contributed by atoms with Crippen LogP contribution in [-0.2, 0) is 9.84 Å². The SMILES string of the molecule is Cc1nn(C2CCS(=O)(=O)C2)c2nc(-c3cccs3)cc(C(=O)Nc3ccc(F)c(F)c3)c12. The Bertz CT molecular complexity index is 1500. The van der Waals surface area contributed by atoms with Crippen molar-refractivity contribution in [2.24, 2.45) is 0 Å². The Morgan fingerprint density at radius 1 is 1.21 bits per heavy atom. The standard InChI is InChI=1S/C22H18F2N4O3S2/c1-12-20-15(22(29)25-13-4-5-16(23)17(24)9-13)10-18(19-3-2-7-32-19)26-21(20)28(27-12)14-6-8-33(30,31)11-14/h2-5,7,9-10,14H,6,8,11H2,1H3,(H,25,29). The number of halogens is 2. The van der Waals surface area contributed by atoms with Gasteiger partial charge in [-0.15, -0.1) is 11.3 Å². The number of carbonyl (C=O) groups is 1. The first-order valence-corrected chi connectivity index (χ1v) is 12.8. The lowest BCUT2D eigenvalue weighted by atomic mass is 10.1. The fourth-order valence-electron chi connectivity index (χ4n) is 4.04. The van der Waals surface area contributed by atoms with E-state index in [2.05, 4.69) is 10.4 Å². The molecule has 11 heteroatoms. The molecule has 4 heterocycles. The summed E-state index contributed by atoms with van der Waals surface area (Å²) in [5.41, 5.74) is 1.84. The summed E-state index contributed by atoms with van der Waals surface area (Å²) in [4.78, 5) is 18.8. The molecule has 1 saturated heterocycles. The molecule has 4 aromatic rings. The zero-order chi connectivity index (χ0) is 23.3. The number of anilines is 1. The van der Waals surface area contributed by atoms with Crippen molar-refractivity contribution in [3.8, 4) is 10.6 Å². The maximum atomic E-state index is 13.6. The number of fused-ring (bicyclic) bond motifs is 1. The summed E-state index contributed by atoms with van der Waals surface area (Å²) in [7, 11) is -3.16. The van der Waals surface area contributed by atoms with Gasteiger partial charge in [-0.2, -0.15) is 5.10 Å². The highest BCUT2D eigenvalue weighted by Gasteiger charge is 2.32. The highest BCUT2D eigenvalue weighted by atomic mass is 32.2. The molecule has 1 aliphatic rings. The van der Waals surface area contributed by atoms with Crippen LogP contribution >= 0.6 is 11.3 Å². The number of hydrogen-bond donors (Lipinski definition) is 1. The van der Waals surface area contributed by atoms with Gasteiger partial charge in [-0.3, -0.25) is 4.79 Å². The van der Waals surface area contributed by atoms with Crippen molar-refractivity contribution in [3.63, 3.8) is 0 Å². The zero-order valence-electron chi connectivity index (χ0n) is 17.4. The first-order chi connectivity index (χ1) is 15.7. The van der Waals surface area contributed by atoms with Gasteiger partial charge in [0.15, 0.2) is 27.1 Å². The van der Waals surface area contributed by atoms with Gasteiger partial charge in [0.2, 0.25) is 0 Å². The Labute approximate surface area is 192 Å². The fraction of sp³-hybridized carbons (Fsp3) is 0.227. The second kappa shape index (κ2) is 7.99. The van der Waals surface area contributed by atoms with Crippen molar-refractivity contribution < 1.29 is 22.0 Å². The van der Waals surface area contributed by atoms with Gasteiger partial charge in [0.25, 0.3) is 5.91 Å². The lowest BCUT2D eigenvalue weighted by Crippen LogP contribution is -2.15. The minimum atomic E-state index is -3.16. The molecule has 0 saturated carbocycles. The van der Waals surface area contributed by atoms with Crippen LogP contribution in [0.1, 0.15) is 28.5 Å². The number of carbonyl (C=O) groups excluding carboxylic acids is 1. The fourth-order valence-corrected chi connectivity index (χ4v) is 6.42. The van der Waals surface area contributed by atoms with Gasteiger partial charge in [0.1, 0.15) is 0 Å². The Morgan fingerprint density at radius 3 is 2.70 bits per heavy atom. The second-order valence-corrected chi connectivity index (χ2v) is 11.1.